The molecular weight excluding hydrogens is 232 g/mol. The van der Waals surface area contributed by atoms with Crippen molar-refractivity contribution in [2.24, 2.45) is 0 Å². The number of nitrogens with one attached hydrogen (secondary N) is 1. The van der Waals surface area contributed by atoms with E-state index in [0.717, 1.165) is 11.3 Å². The first-order valence-corrected chi connectivity index (χ1v) is 5.77. The molecule has 0 spiro atoms. The van der Waals surface area contributed by atoms with Crippen LogP contribution in [0, 0.1) is 6.92 Å². The molecule has 0 aliphatic carbocycles. The molecule has 0 aliphatic rings. The normalized spacial score (nSPS) is 9.89. The molecule has 1 aromatic rings. The lowest BCUT2D eigenvalue weighted by atomic mass is 10.1. The summed E-state index contributed by atoms with van der Waals surface area (Å²) in [6.45, 7) is 2.41. The van der Waals surface area contributed by atoms with E-state index >= 15 is 0 Å². The molecule has 0 unspecified atom stereocenters. The second-order valence-electron chi connectivity index (χ2n) is 4.02. The highest BCUT2D eigenvalue weighted by Gasteiger charge is 2.13. The van der Waals surface area contributed by atoms with Gasteiger partial charge in [-0.3, -0.25) is 9.59 Å². The third kappa shape index (κ3) is 4.08. The summed E-state index contributed by atoms with van der Waals surface area (Å²) in [4.78, 5) is 23.9. The molecule has 0 fully saturated rings. The quantitative estimate of drug-likeness (QED) is 0.791. The highest BCUT2D eigenvalue weighted by Crippen LogP contribution is 2.19. The zero-order chi connectivity index (χ0) is 13.5. The molecule has 0 bridgehead atoms. The van der Waals surface area contributed by atoms with Crippen LogP contribution >= 0.6 is 0 Å². The van der Waals surface area contributed by atoms with E-state index in [4.69, 9.17) is 5.11 Å². The third-order valence-electron chi connectivity index (χ3n) is 2.67. The highest BCUT2D eigenvalue weighted by molar-refractivity contribution is 5.81. The van der Waals surface area contributed by atoms with E-state index in [2.05, 4.69) is 5.32 Å². The van der Waals surface area contributed by atoms with Crippen molar-refractivity contribution in [2.75, 3.05) is 25.0 Å². The SMILES string of the molecule is CNC(=O)CN(CCC(=O)O)c1ccccc1C. The van der Waals surface area contributed by atoms with Gasteiger partial charge in [0, 0.05) is 19.3 Å². The molecule has 98 valence electrons. The lowest BCUT2D eigenvalue weighted by Gasteiger charge is -2.25. The smallest absolute Gasteiger partial charge is 0.305 e. The van der Waals surface area contributed by atoms with Gasteiger partial charge in [0.05, 0.1) is 13.0 Å². The van der Waals surface area contributed by atoms with E-state index in [-0.39, 0.29) is 18.9 Å². The fourth-order valence-corrected chi connectivity index (χ4v) is 1.69. The van der Waals surface area contributed by atoms with E-state index in [1.54, 1.807) is 11.9 Å². The van der Waals surface area contributed by atoms with Crippen LogP contribution in [0.2, 0.25) is 0 Å². The van der Waals surface area contributed by atoms with E-state index in [1.165, 1.54) is 0 Å². The van der Waals surface area contributed by atoms with Gasteiger partial charge in [-0.2, -0.15) is 0 Å². The van der Waals surface area contributed by atoms with Crippen molar-refractivity contribution in [3.63, 3.8) is 0 Å². The second kappa shape index (κ2) is 6.64. The molecule has 0 aromatic heterocycles. The summed E-state index contributed by atoms with van der Waals surface area (Å²) in [5.41, 5.74) is 1.91. The number of aliphatic carboxylic acids is 1. The van der Waals surface area contributed by atoms with Crippen LogP contribution in [-0.4, -0.2) is 37.1 Å². The van der Waals surface area contributed by atoms with Crippen LogP contribution in [0.4, 0.5) is 5.69 Å². The molecule has 1 amide bonds. The number of hydrogen-bond donors (Lipinski definition) is 2. The maximum atomic E-state index is 11.5. The first kappa shape index (κ1) is 14.0. The predicted molar refractivity (Wildman–Crippen MR) is 69.7 cm³/mol. The first-order valence-electron chi connectivity index (χ1n) is 5.77. The van der Waals surface area contributed by atoms with Crippen LogP contribution in [0.15, 0.2) is 24.3 Å². The first-order chi connectivity index (χ1) is 8.54. The number of likely N-dealkylation sites (N-methyl/N-ethyl adjacent to an activating group) is 1. The van der Waals surface area contributed by atoms with Crippen LogP contribution in [0.1, 0.15) is 12.0 Å². The van der Waals surface area contributed by atoms with Crippen molar-refractivity contribution in [1.82, 2.24) is 5.32 Å². The number of carbonyl (C=O) groups excluding carboxylic acids is 1. The van der Waals surface area contributed by atoms with Gasteiger partial charge in [-0.05, 0) is 18.6 Å². The molecule has 0 saturated carbocycles. The summed E-state index contributed by atoms with van der Waals surface area (Å²) in [5.74, 6) is -1.01. The number of carboxylic acids is 1. The Labute approximate surface area is 106 Å². The Morgan fingerprint density at radius 1 is 1.33 bits per heavy atom. The average Bonchev–Trinajstić information content (AvgIpc) is 2.34. The number of benzene rings is 1. The summed E-state index contributed by atoms with van der Waals surface area (Å²) >= 11 is 0. The topological polar surface area (TPSA) is 69.6 Å². The summed E-state index contributed by atoms with van der Waals surface area (Å²) in [6.07, 6.45) is 0.00529. The summed E-state index contributed by atoms with van der Waals surface area (Å²) < 4.78 is 0. The van der Waals surface area contributed by atoms with Gasteiger partial charge in [0.1, 0.15) is 0 Å². The molecule has 5 heteroatoms. The molecule has 18 heavy (non-hydrogen) atoms. The zero-order valence-electron chi connectivity index (χ0n) is 10.6. The third-order valence-corrected chi connectivity index (χ3v) is 2.67. The number of carboxylic acid groups (broad SMARTS) is 1. The van der Waals surface area contributed by atoms with Gasteiger partial charge in [-0.1, -0.05) is 18.2 Å². The molecular formula is C13H18N2O3. The number of anilines is 1. The Hall–Kier alpha value is -2.04. The summed E-state index contributed by atoms with van der Waals surface area (Å²) in [7, 11) is 1.57. The van der Waals surface area contributed by atoms with Crippen molar-refractivity contribution in [2.45, 2.75) is 13.3 Å². The molecule has 0 heterocycles. The van der Waals surface area contributed by atoms with Crippen molar-refractivity contribution >= 4 is 17.6 Å². The maximum Gasteiger partial charge on any atom is 0.305 e. The van der Waals surface area contributed by atoms with Crippen LogP contribution < -0.4 is 10.2 Å². The Balaban J connectivity index is 2.85. The largest absolute Gasteiger partial charge is 0.481 e. The summed E-state index contributed by atoms with van der Waals surface area (Å²) in [5, 5.41) is 11.3. The van der Waals surface area contributed by atoms with E-state index < -0.39 is 5.97 Å². The zero-order valence-corrected chi connectivity index (χ0v) is 10.6. The monoisotopic (exact) mass is 250 g/mol. The Morgan fingerprint density at radius 2 is 2.00 bits per heavy atom. The van der Waals surface area contributed by atoms with E-state index in [1.807, 2.05) is 31.2 Å². The standard InChI is InChI=1S/C13H18N2O3/c1-10-5-3-4-6-11(10)15(8-7-13(17)18)9-12(16)14-2/h3-6H,7-9H2,1-2H3,(H,14,16)(H,17,18). The number of hydrogen-bond acceptors (Lipinski definition) is 3. The lowest BCUT2D eigenvalue weighted by Crippen LogP contribution is -2.37. The van der Waals surface area contributed by atoms with Gasteiger partial charge < -0.3 is 15.3 Å². The van der Waals surface area contributed by atoms with Crippen LogP contribution in [-0.2, 0) is 9.59 Å². The molecule has 1 aromatic carbocycles. The minimum atomic E-state index is -0.870. The maximum absolute atomic E-state index is 11.5. The number of rotatable bonds is 6. The number of amides is 1. The highest BCUT2D eigenvalue weighted by atomic mass is 16.4. The molecule has 0 saturated heterocycles. The van der Waals surface area contributed by atoms with Gasteiger partial charge in [-0.15, -0.1) is 0 Å². The molecule has 1 rings (SSSR count). The Kier molecular flexibility index (Phi) is 5.17. The number of para-hydroxylation sites is 1. The van der Waals surface area contributed by atoms with Crippen LogP contribution in [0.3, 0.4) is 0 Å². The Morgan fingerprint density at radius 3 is 2.56 bits per heavy atom. The predicted octanol–water partition coefficient (Wildman–Crippen LogP) is 1.02. The lowest BCUT2D eigenvalue weighted by molar-refractivity contribution is -0.136. The van der Waals surface area contributed by atoms with Crippen LogP contribution in [0.25, 0.3) is 0 Å². The molecule has 0 atom stereocenters. The van der Waals surface area contributed by atoms with Gasteiger partial charge in [-0.25, -0.2) is 0 Å². The fourth-order valence-electron chi connectivity index (χ4n) is 1.69. The number of aryl methyl sites for hydroxylation is 1. The number of nitrogens with zero attached hydrogens (tertiary/aromatic N) is 1. The van der Waals surface area contributed by atoms with Gasteiger partial charge >= 0.3 is 5.97 Å². The van der Waals surface area contributed by atoms with Gasteiger partial charge in [0.15, 0.2) is 0 Å². The number of carbonyl (C=O) groups is 2. The molecule has 0 radical (unpaired) electrons. The Bertz CT molecular complexity index is 432. The minimum absolute atomic E-state index is 0.00529. The second-order valence-corrected chi connectivity index (χ2v) is 4.02. The summed E-state index contributed by atoms with van der Waals surface area (Å²) in [6, 6.07) is 7.61. The average molecular weight is 250 g/mol. The van der Waals surface area contributed by atoms with Crippen molar-refractivity contribution < 1.29 is 14.7 Å². The molecule has 0 aliphatic heterocycles. The van der Waals surface area contributed by atoms with E-state index in [9.17, 15) is 9.59 Å². The van der Waals surface area contributed by atoms with E-state index in [0.29, 0.717) is 6.54 Å². The molecule has 5 nitrogen and oxygen atoms in total. The van der Waals surface area contributed by atoms with Crippen molar-refractivity contribution in [3.8, 4) is 0 Å². The van der Waals surface area contributed by atoms with Crippen LogP contribution in [0.5, 0.6) is 0 Å². The van der Waals surface area contributed by atoms with Gasteiger partial charge in [0.2, 0.25) is 5.91 Å². The molecule has 2 N–H and O–H groups in total. The van der Waals surface area contributed by atoms with Gasteiger partial charge in [0.25, 0.3) is 0 Å². The minimum Gasteiger partial charge on any atom is -0.481 e. The van der Waals surface area contributed by atoms with Crippen molar-refractivity contribution in [1.29, 1.82) is 0 Å². The fraction of sp³-hybridized carbons (Fsp3) is 0.385. The van der Waals surface area contributed by atoms with Crippen molar-refractivity contribution in [3.05, 3.63) is 29.8 Å².